The lowest BCUT2D eigenvalue weighted by Gasteiger charge is -2.28. The van der Waals surface area contributed by atoms with Gasteiger partial charge in [-0.15, -0.1) is 5.10 Å². The number of carbonyl (C=O) groups is 1. The lowest BCUT2D eigenvalue weighted by atomic mass is 9.97. The number of alkyl halides is 3. The molecule has 0 aliphatic carbocycles. The van der Waals surface area contributed by atoms with Gasteiger partial charge < -0.3 is 10.4 Å². The predicted octanol–water partition coefficient (Wildman–Crippen LogP) is 2.32. The van der Waals surface area contributed by atoms with Crippen LogP contribution >= 0.6 is 0 Å². The summed E-state index contributed by atoms with van der Waals surface area (Å²) in [6.45, 7) is 1.08. The van der Waals surface area contributed by atoms with Crippen LogP contribution in [0.15, 0.2) is 30.3 Å². The number of amides is 1. The van der Waals surface area contributed by atoms with Gasteiger partial charge in [-0.05, 0) is 59.2 Å². The highest BCUT2D eigenvalue weighted by atomic mass is 32.2. The van der Waals surface area contributed by atoms with Gasteiger partial charge in [0.15, 0.2) is 0 Å². The number of aliphatic hydroxyl groups excluding tert-OH is 1. The summed E-state index contributed by atoms with van der Waals surface area (Å²) in [7, 11) is -4.21. The first-order chi connectivity index (χ1) is 17.9. The number of anilines is 1. The van der Waals surface area contributed by atoms with Gasteiger partial charge in [-0.25, -0.2) is 22.5 Å². The van der Waals surface area contributed by atoms with Crippen LogP contribution in [0.1, 0.15) is 40.9 Å². The number of aliphatic hydroxyl groups is 1. The van der Waals surface area contributed by atoms with Crippen molar-refractivity contribution < 1.29 is 35.9 Å². The number of nitrogens with one attached hydrogen (secondary N) is 1. The highest BCUT2D eigenvalue weighted by Crippen LogP contribution is 2.27. The van der Waals surface area contributed by atoms with E-state index in [0.29, 0.717) is 11.1 Å². The van der Waals surface area contributed by atoms with E-state index in [9.17, 15) is 35.9 Å². The molecule has 0 saturated heterocycles. The Balaban J connectivity index is 1.53. The summed E-state index contributed by atoms with van der Waals surface area (Å²) in [5.41, 5.74) is 0.673. The molecule has 0 radical (unpaired) electrons. The molecule has 0 spiro atoms. The molecule has 204 valence electrons. The molecule has 2 N–H and O–H groups in total. The quantitative estimate of drug-likeness (QED) is 0.402. The van der Waals surface area contributed by atoms with Gasteiger partial charge in [-0.1, -0.05) is 6.07 Å². The topological polar surface area (TPSA) is 143 Å². The van der Waals surface area contributed by atoms with Crippen molar-refractivity contribution in [3.8, 4) is 11.5 Å². The lowest BCUT2D eigenvalue weighted by molar-refractivity contribution is -0.130. The second kappa shape index (κ2) is 10.7. The molecule has 38 heavy (non-hydrogen) atoms. The van der Waals surface area contributed by atoms with Crippen molar-refractivity contribution in [2.24, 2.45) is 0 Å². The van der Waals surface area contributed by atoms with Crippen molar-refractivity contribution in [1.82, 2.24) is 29.5 Å². The standard InChI is InChI=1S/C22H23F4N7O4S/c1-13(12-34)33-20(29-30-31-33)18-3-2-4-19(27-18)28-21(35)16-9-15-11-32(7-5-14(15)10-17(16)23)38(36,37)8-6-22(24,25)26/h2-4,9-10,13,34H,5-8,11-12H2,1H3,(H,27,28,35)/t13-/m1/s1. The number of halogens is 4. The Bertz CT molecular complexity index is 1450. The molecule has 1 aliphatic rings. The minimum Gasteiger partial charge on any atom is -0.394 e. The number of nitrogens with zero attached hydrogens (tertiary/aromatic N) is 6. The van der Waals surface area contributed by atoms with Crippen LogP contribution in [-0.4, -0.2) is 74.0 Å². The molecule has 3 aromatic rings. The van der Waals surface area contributed by atoms with Crippen LogP contribution < -0.4 is 5.32 Å². The van der Waals surface area contributed by atoms with E-state index in [4.69, 9.17) is 0 Å². The summed E-state index contributed by atoms with van der Waals surface area (Å²) in [6, 6.07) is 6.47. The molecule has 11 nitrogen and oxygen atoms in total. The summed E-state index contributed by atoms with van der Waals surface area (Å²) < 4.78 is 79.5. The van der Waals surface area contributed by atoms with Crippen molar-refractivity contribution in [2.45, 2.75) is 38.5 Å². The van der Waals surface area contributed by atoms with E-state index in [1.807, 2.05) is 0 Å². The van der Waals surface area contributed by atoms with Gasteiger partial charge in [-0.3, -0.25) is 4.79 Å². The highest BCUT2D eigenvalue weighted by Gasteiger charge is 2.34. The van der Waals surface area contributed by atoms with Gasteiger partial charge in [0.05, 0.1) is 30.4 Å². The van der Waals surface area contributed by atoms with Crippen molar-refractivity contribution in [1.29, 1.82) is 0 Å². The highest BCUT2D eigenvalue weighted by molar-refractivity contribution is 7.89. The molecule has 2 aromatic heterocycles. The number of hydrogen-bond donors (Lipinski definition) is 2. The van der Waals surface area contributed by atoms with Crippen molar-refractivity contribution in [3.05, 3.63) is 52.8 Å². The first-order valence-electron chi connectivity index (χ1n) is 11.4. The summed E-state index contributed by atoms with van der Waals surface area (Å²) in [6.07, 6.45) is -6.01. The third-order valence-electron chi connectivity index (χ3n) is 5.94. The van der Waals surface area contributed by atoms with E-state index in [1.54, 1.807) is 19.1 Å². The fourth-order valence-electron chi connectivity index (χ4n) is 3.89. The molecule has 4 rings (SSSR count). The van der Waals surface area contributed by atoms with Crippen molar-refractivity contribution in [2.75, 3.05) is 24.2 Å². The van der Waals surface area contributed by atoms with Crippen LogP contribution in [-0.2, 0) is 23.0 Å². The predicted molar refractivity (Wildman–Crippen MR) is 126 cm³/mol. The Morgan fingerprint density at radius 2 is 2.00 bits per heavy atom. The average molecular weight is 558 g/mol. The number of tetrazole rings is 1. The van der Waals surface area contributed by atoms with Crippen LogP contribution in [0.4, 0.5) is 23.4 Å². The third kappa shape index (κ3) is 6.14. The molecular weight excluding hydrogens is 534 g/mol. The van der Waals surface area contributed by atoms with Crippen LogP contribution in [0, 0.1) is 5.82 Å². The Kier molecular flexibility index (Phi) is 7.75. The second-order valence-corrected chi connectivity index (χ2v) is 10.8. The minimum absolute atomic E-state index is 0.0483. The maximum absolute atomic E-state index is 14.8. The Morgan fingerprint density at radius 3 is 2.71 bits per heavy atom. The minimum atomic E-state index is -4.62. The number of sulfonamides is 1. The van der Waals surface area contributed by atoms with Gasteiger partial charge >= 0.3 is 6.18 Å². The molecule has 1 atom stereocenters. The van der Waals surface area contributed by atoms with Crippen molar-refractivity contribution in [3.63, 3.8) is 0 Å². The van der Waals surface area contributed by atoms with Gasteiger partial charge in [0, 0.05) is 13.1 Å². The summed E-state index contributed by atoms with van der Waals surface area (Å²) in [4.78, 5) is 17.2. The number of hydrogen-bond acceptors (Lipinski definition) is 8. The first kappa shape index (κ1) is 27.5. The summed E-state index contributed by atoms with van der Waals surface area (Å²) >= 11 is 0. The lowest BCUT2D eigenvalue weighted by Crippen LogP contribution is -2.38. The van der Waals surface area contributed by atoms with Crippen LogP contribution in [0.25, 0.3) is 11.5 Å². The van der Waals surface area contributed by atoms with E-state index < -0.39 is 46.1 Å². The van der Waals surface area contributed by atoms with E-state index in [1.165, 1.54) is 16.8 Å². The number of carbonyl (C=O) groups excluding carboxylic acids is 1. The molecule has 0 fully saturated rings. The molecule has 0 unspecified atom stereocenters. The number of fused-ring (bicyclic) bond motifs is 1. The zero-order valence-electron chi connectivity index (χ0n) is 20.0. The molecule has 3 heterocycles. The Hall–Kier alpha value is -3.50. The molecule has 1 aromatic carbocycles. The fourth-order valence-corrected chi connectivity index (χ4v) is 5.34. The maximum Gasteiger partial charge on any atom is 0.390 e. The molecule has 0 bridgehead atoms. The number of benzene rings is 1. The largest absolute Gasteiger partial charge is 0.394 e. The van der Waals surface area contributed by atoms with Gasteiger partial charge in [0.1, 0.15) is 17.3 Å². The van der Waals surface area contributed by atoms with E-state index in [2.05, 4.69) is 25.8 Å². The summed E-state index contributed by atoms with van der Waals surface area (Å²) in [5, 5.41) is 23.2. The molecular formula is C22H23F4N7O4S. The zero-order valence-corrected chi connectivity index (χ0v) is 20.8. The van der Waals surface area contributed by atoms with Gasteiger partial charge in [0.25, 0.3) is 5.91 Å². The molecule has 0 saturated carbocycles. The monoisotopic (exact) mass is 557 g/mol. The smallest absolute Gasteiger partial charge is 0.390 e. The molecule has 1 aliphatic heterocycles. The van der Waals surface area contributed by atoms with Gasteiger partial charge in [0.2, 0.25) is 15.8 Å². The Morgan fingerprint density at radius 1 is 1.24 bits per heavy atom. The Labute approximate surface area is 214 Å². The number of aromatic nitrogens is 5. The first-order valence-corrected chi connectivity index (χ1v) is 13.0. The van der Waals surface area contributed by atoms with E-state index in [-0.39, 0.29) is 49.0 Å². The number of pyridine rings is 1. The van der Waals surface area contributed by atoms with Crippen molar-refractivity contribution >= 4 is 21.7 Å². The summed E-state index contributed by atoms with van der Waals surface area (Å²) in [5.74, 6) is -2.52. The normalized spacial score (nSPS) is 15.2. The molecule has 16 heteroatoms. The third-order valence-corrected chi connectivity index (χ3v) is 7.76. The van der Waals surface area contributed by atoms with E-state index >= 15 is 0 Å². The fraction of sp³-hybridized carbons (Fsp3) is 0.409. The van der Waals surface area contributed by atoms with Crippen LogP contribution in [0.3, 0.4) is 0 Å². The second-order valence-electron chi connectivity index (χ2n) is 8.71. The number of rotatable bonds is 8. The SMILES string of the molecule is C[C@H](CO)n1nnnc1-c1cccc(NC(=O)c2cc3c(cc2F)CCN(S(=O)(=O)CCC(F)(F)F)C3)n1. The van der Waals surface area contributed by atoms with Crippen LogP contribution in [0.2, 0.25) is 0 Å². The molecule has 1 amide bonds. The van der Waals surface area contributed by atoms with Gasteiger partial charge in [-0.2, -0.15) is 17.5 Å². The van der Waals surface area contributed by atoms with E-state index in [0.717, 1.165) is 10.4 Å². The maximum atomic E-state index is 14.8. The average Bonchev–Trinajstić information content (AvgIpc) is 3.36. The zero-order chi connectivity index (χ0) is 27.7. The van der Waals surface area contributed by atoms with Crippen LogP contribution in [0.5, 0.6) is 0 Å².